The third-order valence-electron chi connectivity index (χ3n) is 3.71. The standard InChI is InChI=1S/C14H19ClN2O3/c1-2-14-10(5-6-20-14)8-16-9-11-7-12(17(18)19)3-4-13(11)15/h3-4,7,10,14,16H,2,5-6,8-9H2,1H3. The third-order valence-corrected chi connectivity index (χ3v) is 4.08. The fourth-order valence-electron chi connectivity index (χ4n) is 2.58. The third kappa shape index (κ3) is 3.69. The molecule has 0 radical (unpaired) electrons. The highest BCUT2D eigenvalue weighted by Gasteiger charge is 2.26. The number of nitro benzene ring substituents is 1. The molecule has 1 N–H and O–H groups in total. The fraction of sp³-hybridized carbons (Fsp3) is 0.571. The van der Waals surface area contributed by atoms with Crippen LogP contribution in [0.2, 0.25) is 5.02 Å². The molecule has 2 rings (SSSR count). The fourth-order valence-corrected chi connectivity index (χ4v) is 2.76. The zero-order valence-electron chi connectivity index (χ0n) is 11.5. The lowest BCUT2D eigenvalue weighted by atomic mass is 9.99. The minimum absolute atomic E-state index is 0.0711. The van der Waals surface area contributed by atoms with Crippen LogP contribution in [0.15, 0.2) is 18.2 Å². The largest absolute Gasteiger partial charge is 0.378 e. The molecule has 1 aromatic carbocycles. The molecule has 1 aromatic rings. The van der Waals surface area contributed by atoms with E-state index < -0.39 is 4.92 Å². The summed E-state index contributed by atoms with van der Waals surface area (Å²) in [5.74, 6) is 0.512. The Hall–Kier alpha value is -1.17. The van der Waals surface area contributed by atoms with Crippen molar-refractivity contribution in [3.63, 3.8) is 0 Å². The highest BCUT2D eigenvalue weighted by atomic mass is 35.5. The van der Waals surface area contributed by atoms with E-state index in [1.54, 1.807) is 6.07 Å². The van der Waals surface area contributed by atoms with Crippen LogP contribution in [0.25, 0.3) is 0 Å². The number of rotatable bonds is 6. The maximum absolute atomic E-state index is 10.8. The van der Waals surface area contributed by atoms with Crippen LogP contribution in [0.1, 0.15) is 25.3 Å². The summed E-state index contributed by atoms with van der Waals surface area (Å²) in [5, 5.41) is 14.6. The Labute approximate surface area is 123 Å². The molecular formula is C14H19ClN2O3. The summed E-state index contributed by atoms with van der Waals surface area (Å²) >= 11 is 6.06. The maximum Gasteiger partial charge on any atom is 0.269 e. The van der Waals surface area contributed by atoms with Gasteiger partial charge in [0.2, 0.25) is 0 Å². The Morgan fingerprint density at radius 2 is 2.35 bits per heavy atom. The predicted octanol–water partition coefficient (Wildman–Crippen LogP) is 3.15. The van der Waals surface area contributed by atoms with Crippen molar-refractivity contribution >= 4 is 17.3 Å². The summed E-state index contributed by atoms with van der Waals surface area (Å²) in [5.41, 5.74) is 0.828. The molecule has 5 nitrogen and oxygen atoms in total. The first-order valence-corrected chi connectivity index (χ1v) is 7.24. The second kappa shape index (κ2) is 7.02. The predicted molar refractivity (Wildman–Crippen MR) is 78.0 cm³/mol. The average molecular weight is 299 g/mol. The molecule has 6 heteroatoms. The quantitative estimate of drug-likeness (QED) is 0.647. The van der Waals surface area contributed by atoms with Crippen LogP contribution < -0.4 is 5.32 Å². The molecule has 0 amide bonds. The van der Waals surface area contributed by atoms with Crippen LogP contribution in [0.5, 0.6) is 0 Å². The van der Waals surface area contributed by atoms with Crippen LogP contribution in [-0.2, 0) is 11.3 Å². The monoisotopic (exact) mass is 298 g/mol. The summed E-state index contributed by atoms with van der Waals surface area (Å²) in [6.45, 7) is 4.33. The smallest absolute Gasteiger partial charge is 0.269 e. The molecular weight excluding hydrogens is 280 g/mol. The van der Waals surface area contributed by atoms with E-state index in [1.807, 2.05) is 0 Å². The van der Waals surface area contributed by atoms with Crippen LogP contribution in [-0.4, -0.2) is 24.2 Å². The second-order valence-corrected chi connectivity index (χ2v) is 5.44. The summed E-state index contributed by atoms with van der Waals surface area (Å²) < 4.78 is 5.64. The average Bonchev–Trinajstić information content (AvgIpc) is 2.88. The maximum atomic E-state index is 10.8. The van der Waals surface area contributed by atoms with Gasteiger partial charge in [-0.1, -0.05) is 18.5 Å². The number of ether oxygens (including phenoxy) is 1. The minimum Gasteiger partial charge on any atom is -0.378 e. The van der Waals surface area contributed by atoms with E-state index in [0.717, 1.165) is 31.6 Å². The van der Waals surface area contributed by atoms with Gasteiger partial charge in [-0.3, -0.25) is 10.1 Å². The molecule has 110 valence electrons. The van der Waals surface area contributed by atoms with Gasteiger partial charge in [0.15, 0.2) is 0 Å². The molecule has 1 heterocycles. The Morgan fingerprint density at radius 3 is 3.05 bits per heavy atom. The van der Waals surface area contributed by atoms with Crippen molar-refractivity contribution in [2.75, 3.05) is 13.2 Å². The van der Waals surface area contributed by atoms with Gasteiger partial charge in [-0.15, -0.1) is 0 Å². The van der Waals surface area contributed by atoms with Crippen LogP contribution in [0.3, 0.4) is 0 Å². The van der Waals surface area contributed by atoms with Crippen molar-refractivity contribution in [2.24, 2.45) is 5.92 Å². The number of nitrogens with one attached hydrogen (secondary N) is 1. The molecule has 0 bridgehead atoms. The van der Waals surface area contributed by atoms with Crippen LogP contribution in [0.4, 0.5) is 5.69 Å². The lowest BCUT2D eigenvalue weighted by Gasteiger charge is -2.17. The topological polar surface area (TPSA) is 64.4 Å². The van der Waals surface area contributed by atoms with Crippen molar-refractivity contribution in [1.82, 2.24) is 5.32 Å². The van der Waals surface area contributed by atoms with E-state index in [1.165, 1.54) is 12.1 Å². The van der Waals surface area contributed by atoms with Gasteiger partial charge in [-0.05, 0) is 30.4 Å². The molecule has 1 aliphatic rings. The summed E-state index contributed by atoms with van der Waals surface area (Å²) in [4.78, 5) is 10.3. The van der Waals surface area contributed by atoms with Gasteiger partial charge in [0.1, 0.15) is 0 Å². The van der Waals surface area contributed by atoms with Gasteiger partial charge >= 0.3 is 0 Å². The molecule has 0 spiro atoms. The normalized spacial score (nSPS) is 22.1. The van der Waals surface area contributed by atoms with Gasteiger partial charge in [-0.25, -0.2) is 0 Å². The lowest BCUT2D eigenvalue weighted by Crippen LogP contribution is -2.28. The first kappa shape index (κ1) is 15.2. The van der Waals surface area contributed by atoms with Crippen molar-refractivity contribution in [2.45, 2.75) is 32.4 Å². The van der Waals surface area contributed by atoms with Crippen LogP contribution in [0, 0.1) is 16.0 Å². The van der Waals surface area contributed by atoms with E-state index in [9.17, 15) is 10.1 Å². The van der Waals surface area contributed by atoms with Crippen molar-refractivity contribution in [1.29, 1.82) is 0 Å². The van der Waals surface area contributed by atoms with E-state index in [0.29, 0.717) is 23.6 Å². The van der Waals surface area contributed by atoms with Crippen LogP contribution >= 0.6 is 11.6 Å². The Kier molecular flexibility index (Phi) is 5.34. The molecule has 0 aliphatic carbocycles. The molecule has 2 unspecified atom stereocenters. The number of non-ortho nitro benzene ring substituents is 1. The highest BCUT2D eigenvalue weighted by molar-refractivity contribution is 6.31. The minimum atomic E-state index is -0.405. The molecule has 2 atom stereocenters. The zero-order valence-corrected chi connectivity index (χ0v) is 12.2. The summed E-state index contributed by atoms with van der Waals surface area (Å²) in [6, 6.07) is 4.52. The Balaban J connectivity index is 1.90. The Morgan fingerprint density at radius 1 is 1.55 bits per heavy atom. The van der Waals surface area contributed by atoms with Gasteiger partial charge in [0.05, 0.1) is 11.0 Å². The number of halogens is 1. The van der Waals surface area contributed by atoms with Gasteiger partial charge in [-0.2, -0.15) is 0 Å². The number of benzene rings is 1. The van der Waals surface area contributed by atoms with Crippen molar-refractivity contribution < 1.29 is 9.66 Å². The zero-order chi connectivity index (χ0) is 14.5. The number of nitrogens with zero attached hydrogens (tertiary/aromatic N) is 1. The number of hydrogen-bond acceptors (Lipinski definition) is 4. The molecule has 1 saturated heterocycles. The SMILES string of the molecule is CCC1OCCC1CNCc1cc([N+](=O)[O-])ccc1Cl. The first-order valence-electron chi connectivity index (χ1n) is 6.87. The number of nitro groups is 1. The van der Waals surface area contributed by atoms with Gasteiger partial charge in [0.25, 0.3) is 5.69 Å². The highest BCUT2D eigenvalue weighted by Crippen LogP contribution is 2.24. The molecule has 1 aliphatic heterocycles. The molecule has 0 aromatic heterocycles. The van der Waals surface area contributed by atoms with Crippen molar-refractivity contribution in [3.05, 3.63) is 38.9 Å². The summed E-state index contributed by atoms with van der Waals surface area (Å²) in [6.07, 6.45) is 2.40. The van der Waals surface area contributed by atoms with Gasteiger partial charge in [0, 0.05) is 36.9 Å². The van der Waals surface area contributed by atoms with Gasteiger partial charge < -0.3 is 10.1 Å². The van der Waals surface area contributed by atoms with E-state index >= 15 is 0 Å². The first-order chi connectivity index (χ1) is 9.61. The molecule has 0 saturated carbocycles. The Bertz CT molecular complexity index is 481. The molecule has 1 fully saturated rings. The number of hydrogen-bond donors (Lipinski definition) is 1. The van der Waals surface area contributed by atoms with Crippen molar-refractivity contribution in [3.8, 4) is 0 Å². The second-order valence-electron chi connectivity index (χ2n) is 5.03. The molecule has 20 heavy (non-hydrogen) atoms. The summed E-state index contributed by atoms with van der Waals surface area (Å²) in [7, 11) is 0. The van der Waals surface area contributed by atoms with E-state index in [4.69, 9.17) is 16.3 Å². The van der Waals surface area contributed by atoms with E-state index in [2.05, 4.69) is 12.2 Å². The van der Waals surface area contributed by atoms with E-state index in [-0.39, 0.29) is 5.69 Å². The lowest BCUT2D eigenvalue weighted by molar-refractivity contribution is -0.384.